The summed E-state index contributed by atoms with van der Waals surface area (Å²) in [6.07, 6.45) is 3.41. The second-order valence-electron chi connectivity index (χ2n) is 4.16. The monoisotopic (exact) mass is 321 g/mol. The Labute approximate surface area is 126 Å². The van der Waals surface area contributed by atoms with Gasteiger partial charge in [-0.05, 0) is 32.6 Å². The van der Waals surface area contributed by atoms with E-state index in [4.69, 9.17) is 0 Å². The summed E-state index contributed by atoms with van der Waals surface area (Å²) in [6.45, 7) is 4.31. The molecule has 1 rings (SSSR count). The Balaban J connectivity index is 2.34. The highest BCUT2D eigenvalue weighted by molar-refractivity contribution is 8.02. The molecule has 0 aliphatic heterocycles. The van der Waals surface area contributed by atoms with Crippen LogP contribution in [-0.4, -0.2) is 45.4 Å². The van der Waals surface area contributed by atoms with Gasteiger partial charge in [-0.2, -0.15) is 0 Å². The molecule has 0 saturated heterocycles. The van der Waals surface area contributed by atoms with E-state index in [9.17, 15) is 9.90 Å². The molecule has 1 atom stereocenters. The van der Waals surface area contributed by atoms with Crippen molar-refractivity contribution in [2.75, 3.05) is 18.6 Å². The average Bonchev–Trinajstić information content (AvgIpc) is 2.83. The first-order chi connectivity index (χ1) is 9.01. The number of aliphatic carboxylic acids is 1. The van der Waals surface area contributed by atoms with Crippen LogP contribution < -0.4 is 5.32 Å². The first-order valence-electron chi connectivity index (χ1n) is 6.00. The van der Waals surface area contributed by atoms with Gasteiger partial charge in [0.25, 0.3) is 0 Å². The first-order valence-corrected chi connectivity index (χ1v) is 9.03. The molecule has 0 bridgehead atoms. The van der Waals surface area contributed by atoms with Crippen LogP contribution in [0.3, 0.4) is 0 Å². The highest BCUT2D eigenvalue weighted by atomic mass is 32.2. The maximum atomic E-state index is 11.2. The molecule has 0 saturated carbocycles. The van der Waals surface area contributed by atoms with Crippen molar-refractivity contribution in [1.82, 2.24) is 15.5 Å². The molecule has 0 amide bonds. The Kier molecular flexibility index (Phi) is 7.12. The Hall–Kier alpha value is -0.310. The van der Waals surface area contributed by atoms with E-state index in [1.807, 2.05) is 13.2 Å². The lowest BCUT2D eigenvalue weighted by Crippen LogP contribution is -2.49. The normalized spacial score (nSPS) is 14.3. The second kappa shape index (κ2) is 8.08. The van der Waals surface area contributed by atoms with E-state index in [2.05, 4.69) is 15.5 Å². The van der Waals surface area contributed by atoms with Gasteiger partial charge in [-0.3, -0.25) is 4.79 Å². The zero-order chi connectivity index (χ0) is 14.3. The number of carboxylic acids is 1. The summed E-state index contributed by atoms with van der Waals surface area (Å²) < 4.78 is 1.91. The highest BCUT2D eigenvalue weighted by Crippen LogP contribution is 2.28. The summed E-state index contributed by atoms with van der Waals surface area (Å²) in [6, 6.07) is 0. The predicted molar refractivity (Wildman–Crippen MR) is 81.4 cm³/mol. The molecule has 0 radical (unpaired) electrons. The van der Waals surface area contributed by atoms with Gasteiger partial charge >= 0.3 is 5.97 Å². The van der Waals surface area contributed by atoms with Crippen molar-refractivity contribution in [3.8, 4) is 0 Å². The number of carbonyl (C=O) groups is 1. The number of nitrogens with zero attached hydrogens (tertiary/aromatic N) is 2. The summed E-state index contributed by atoms with van der Waals surface area (Å²) in [7, 11) is 0. The van der Waals surface area contributed by atoms with Crippen LogP contribution in [0, 0.1) is 0 Å². The minimum atomic E-state index is -0.832. The molecule has 8 heteroatoms. The largest absolute Gasteiger partial charge is 0.480 e. The van der Waals surface area contributed by atoms with Gasteiger partial charge in [0.1, 0.15) is 5.54 Å². The zero-order valence-electron chi connectivity index (χ0n) is 11.3. The fourth-order valence-electron chi connectivity index (χ4n) is 1.58. The SMILES string of the molecule is CCNC(C)(CCCSc1nnc(SC)s1)C(=O)O. The van der Waals surface area contributed by atoms with E-state index in [1.54, 1.807) is 41.8 Å². The summed E-state index contributed by atoms with van der Waals surface area (Å²) in [5.74, 6) is 0.0667. The molecule has 1 heterocycles. The molecular weight excluding hydrogens is 302 g/mol. The predicted octanol–water partition coefficient (Wildman–Crippen LogP) is 2.59. The topological polar surface area (TPSA) is 75.1 Å². The van der Waals surface area contributed by atoms with Crippen LogP contribution in [0.25, 0.3) is 0 Å². The van der Waals surface area contributed by atoms with Crippen LogP contribution in [0.1, 0.15) is 26.7 Å². The molecule has 0 aliphatic rings. The molecule has 19 heavy (non-hydrogen) atoms. The molecule has 0 aliphatic carbocycles. The molecule has 1 aromatic rings. The summed E-state index contributed by atoms with van der Waals surface area (Å²) in [5.41, 5.74) is -0.832. The number of nitrogens with one attached hydrogen (secondary N) is 1. The fraction of sp³-hybridized carbons (Fsp3) is 0.727. The number of hydrogen-bond donors (Lipinski definition) is 2. The number of rotatable bonds is 9. The van der Waals surface area contributed by atoms with Gasteiger partial charge in [0, 0.05) is 5.75 Å². The lowest BCUT2D eigenvalue weighted by molar-refractivity contribution is -0.144. The summed E-state index contributed by atoms with van der Waals surface area (Å²) in [4.78, 5) is 11.2. The highest BCUT2D eigenvalue weighted by Gasteiger charge is 2.31. The van der Waals surface area contributed by atoms with Gasteiger partial charge in [-0.1, -0.05) is 41.8 Å². The first kappa shape index (κ1) is 16.7. The summed E-state index contributed by atoms with van der Waals surface area (Å²) >= 11 is 4.80. The average molecular weight is 321 g/mol. The molecule has 0 fully saturated rings. The quantitative estimate of drug-likeness (QED) is 0.535. The number of carboxylic acid groups (broad SMARTS) is 1. The van der Waals surface area contributed by atoms with Crippen LogP contribution in [0.2, 0.25) is 0 Å². The molecule has 1 unspecified atom stereocenters. The van der Waals surface area contributed by atoms with Crippen molar-refractivity contribution >= 4 is 40.8 Å². The van der Waals surface area contributed by atoms with Crippen LogP contribution in [0.5, 0.6) is 0 Å². The van der Waals surface area contributed by atoms with Gasteiger partial charge in [0.15, 0.2) is 8.68 Å². The second-order valence-corrected chi connectivity index (χ2v) is 7.53. The van der Waals surface area contributed by atoms with Crippen molar-refractivity contribution in [3.63, 3.8) is 0 Å². The van der Waals surface area contributed by atoms with Crippen LogP contribution >= 0.6 is 34.9 Å². The standard InChI is InChI=1S/C11H19N3O2S3/c1-4-12-11(2,8(15)16)6-5-7-18-10-14-13-9(17-3)19-10/h12H,4-7H2,1-3H3,(H,15,16). The maximum Gasteiger partial charge on any atom is 0.323 e. The van der Waals surface area contributed by atoms with Gasteiger partial charge in [-0.25, -0.2) is 0 Å². The molecule has 1 aromatic heterocycles. The number of thioether (sulfide) groups is 2. The van der Waals surface area contributed by atoms with E-state index < -0.39 is 11.5 Å². The molecule has 108 valence electrons. The summed E-state index contributed by atoms with van der Waals surface area (Å²) in [5, 5.41) is 20.4. The Morgan fingerprint density at radius 2 is 2.16 bits per heavy atom. The van der Waals surface area contributed by atoms with Gasteiger partial charge in [-0.15, -0.1) is 10.2 Å². The lowest BCUT2D eigenvalue weighted by Gasteiger charge is -2.25. The third-order valence-electron chi connectivity index (χ3n) is 2.65. The number of likely N-dealkylation sites (N-methyl/N-ethyl adjacent to an activating group) is 1. The van der Waals surface area contributed by atoms with Gasteiger partial charge < -0.3 is 10.4 Å². The van der Waals surface area contributed by atoms with Crippen molar-refractivity contribution in [3.05, 3.63) is 0 Å². The molecule has 0 aromatic carbocycles. The smallest absolute Gasteiger partial charge is 0.323 e. The Morgan fingerprint density at radius 1 is 1.47 bits per heavy atom. The molecule has 5 nitrogen and oxygen atoms in total. The zero-order valence-corrected chi connectivity index (χ0v) is 13.8. The van der Waals surface area contributed by atoms with Crippen LogP contribution in [0.15, 0.2) is 8.68 Å². The van der Waals surface area contributed by atoms with Crippen molar-refractivity contribution in [2.24, 2.45) is 0 Å². The number of hydrogen-bond acceptors (Lipinski definition) is 7. The van der Waals surface area contributed by atoms with Crippen LogP contribution in [0.4, 0.5) is 0 Å². The third kappa shape index (κ3) is 5.29. The van der Waals surface area contributed by atoms with E-state index in [-0.39, 0.29) is 0 Å². The maximum absolute atomic E-state index is 11.2. The number of aromatic nitrogens is 2. The van der Waals surface area contributed by atoms with Crippen LogP contribution in [-0.2, 0) is 4.79 Å². The van der Waals surface area contributed by atoms with Crippen molar-refractivity contribution in [2.45, 2.75) is 40.9 Å². The van der Waals surface area contributed by atoms with Crippen molar-refractivity contribution < 1.29 is 9.90 Å². The molecule has 2 N–H and O–H groups in total. The third-order valence-corrected chi connectivity index (χ3v) is 5.77. The van der Waals surface area contributed by atoms with E-state index in [0.717, 1.165) is 20.9 Å². The molecular formula is C11H19N3O2S3. The fourth-order valence-corrected chi connectivity index (χ4v) is 4.03. The van der Waals surface area contributed by atoms with Gasteiger partial charge in [0.05, 0.1) is 0 Å². The van der Waals surface area contributed by atoms with E-state index in [0.29, 0.717) is 13.0 Å². The van der Waals surface area contributed by atoms with Gasteiger partial charge in [0.2, 0.25) is 0 Å². The minimum Gasteiger partial charge on any atom is -0.480 e. The van der Waals surface area contributed by atoms with E-state index >= 15 is 0 Å². The Morgan fingerprint density at radius 3 is 2.68 bits per heavy atom. The van der Waals surface area contributed by atoms with Crippen molar-refractivity contribution in [1.29, 1.82) is 0 Å². The molecule has 0 spiro atoms. The Bertz CT molecular complexity index is 414. The lowest BCUT2D eigenvalue weighted by atomic mass is 9.96. The minimum absolute atomic E-state index is 0.608. The van der Waals surface area contributed by atoms with E-state index in [1.165, 1.54) is 0 Å².